The van der Waals surface area contributed by atoms with Crippen LogP contribution in [0.25, 0.3) is 0 Å². The van der Waals surface area contributed by atoms with Crippen LogP contribution in [-0.4, -0.2) is 38.7 Å². The van der Waals surface area contributed by atoms with Crippen LogP contribution in [0.5, 0.6) is 0 Å². The fourth-order valence-corrected chi connectivity index (χ4v) is 2.22. The van der Waals surface area contributed by atoms with Gasteiger partial charge in [-0.2, -0.15) is 0 Å². The molecular formula is C16H24ClN3O3. The molecular weight excluding hydrogens is 318 g/mol. The molecule has 0 fully saturated rings. The van der Waals surface area contributed by atoms with Crippen molar-refractivity contribution in [3.8, 4) is 0 Å². The van der Waals surface area contributed by atoms with E-state index in [0.717, 1.165) is 5.56 Å². The van der Waals surface area contributed by atoms with Crippen LogP contribution < -0.4 is 16.0 Å². The van der Waals surface area contributed by atoms with Crippen molar-refractivity contribution in [2.45, 2.75) is 19.9 Å². The Hall–Kier alpha value is -1.63. The maximum Gasteiger partial charge on any atom is 0.321 e. The molecule has 1 atom stereocenters. The second-order valence-electron chi connectivity index (χ2n) is 5.45. The van der Waals surface area contributed by atoms with Gasteiger partial charge in [-0.05, 0) is 23.6 Å². The molecule has 3 N–H and O–H groups in total. The van der Waals surface area contributed by atoms with Crippen molar-refractivity contribution in [2.75, 3.05) is 26.8 Å². The Balaban J connectivity index is 2.47. The van der Waals surface area contributed by atoms with Crippen LogP contribution in [0.4, 0.5) is 4.79 Å². The number of nitrogens with one attached hydrogen (secondary N) is 3. The number of amides is 3. The monoisotopic (exact) mass is 341 g/mol. The third-order valence-corrected chi connectivity index (χ3v) is 3.47. The Bertz CT molecular complexity index is 506. The van der Waals surface area contributed by atoms with Crippen molar-refractivity contribution in [3.63, 3.8) is 0 Å². The summed E-state index contributed by atoms with van der Waals surface area (Å²) in [5.41, 5.74) is 1.04. The number of methoxy groups -OCH3 is 1. The van der Waals surface area contributed by atoms with Gasteiger partial charge in [-0.25, -0.2) is 4.79 Å². The molecule has 0 saturated carbocycles. The first kappa shape index (κ1) is 19.4. The van der Waals surface area contributed by atoms with Crippen LogP contribution in [0.3, 0.4) is 0 Å². The van der Waals surface area contributed by atoms with Crippen LogP contribution in [0.1, 0.15) is 25.5 Å². The minimum Gasteiger partial charge on any atom is -0.383 e. The molecule has 0 radical (unpaired) electrons. The molecule has 0 aliphatic carbocycles. The first-order chi connectivity index (χ1) is 10.9. The molecule has 0 aliphatic rings. The number of hydrogen-bond acceptors (Lipinski definition) is 4. The summed E-state index contributed by atoms with van der Waals surface area (Å²) in [5.74, 6) is -0.112. The van der Waals surface area contributed by atoms with Gasteiger partial charge in [-0.1, -0.05) is 37.6 Å². The normalized spacial score (nSPS) is 12.0. The minimum absolute atomic E-state index is 0.00503. The maximum atomic E-state index is 11.8. The van der Waals surface area contributed by atoms with Gasteiger partial charge in [0, 0.05) is 24.7 Å². The number of carbonyl (C=O) groups is 2. The van der Waals surface area contributed by atoms with E-state index in [9.17, 15) is 9.59 Å². The highest BCUT2D eigenvalue weighted by Gasteiger charge is 2.17. The average molecular weight is 342 g/mol. The molecule has 3 amide bonds. The summed E-state index contributed by atoms with van der Waals surface area (Å²) in [6.45, 7) is 4.90. The van der Waals surface area contributed by atoms with E-state index >= 15 is 0 Å². The van der Waals surface area contributed by atoms with E-state index < -0.39 is 6.03 Å². The first-order valence-electron chi connectivity index (χ1n) is 7.49. The summed E-state index contributed by atoms with van der Waals surface area (Å²) in [4.78, 5) is 23.3. The molecule has 23 heavy (non-hydrogen) atoms. The van der Waals surface area contributed by atoms with Crippen molar-refractivity contribution in [2.24, 2.45) is 5.92 Å². The second-order valence-corrected chi connectivity index (χ2v) is 5.89. The van der Waals surface area contributed by atoms with E-state index in [1.165, 1.54) is 7.11 Å². The van der Waals surface area contributed by atoms with Crippen molar-refractivity contribution in [1.29, 1.82) is 0 Å². The van der Waals surface area contributed by atoms with E-state index in [0.29, 0.717) is 18.2 Å². The molecule has 0 heterocycles. The van der Waals surface area contributed by atoms with Crippen molar-refractivity contribution >= 4 is 23.5 Å². The fraction of sp³-hybridized carbons (Fsp3) is 0.500. The standard InChI is InChI=1S/C16H24ClN3O3/c1-11(2)15(12-4-6-13(17)7-5-12)19-10-14(21)20-16(22)18-8-9-23-3/h4-7,11,15,19H,8-10H2,1-3H3,(H2,18,20,21,22)/t15-/m0/s1. The second kappa shape index (κ2) is 10.2. The topological polar surface area (TPSA) is 79.5 Å². The number of rotatable bonds is 8. The number of halogens is 1. The van der Waals surface area contributed by atoms with E-state index in [4.69, 9.17) is 16.3 Å². The predicted octanol–water partition coefficient (Wildman–Crippen LogP) is 2.10. The quantitative estimate of drug-likeness (QED) is 0.633. The fourth-order valence-electron chi connectivity index (χ4n) is 2.09. The van der Waals surface area contributed by atoms with Crippen LogP contribution in [0.2, 0.25) is 5.02 Å². The van der Waals surface area contributed by atoms with Gasteiger partial charge in [0.15, 0.2) is 0 Å². The van der Waals surface area contributed by atoms with E-state index in [2.05, 4.69) is 29.8 Å². The average Bonchev–Trinajstić information content (AvgIpc) is 2.49. The van der Waals surface area contributed by atoms with E-state index in [-0.39, 0.29) is 24.4 Å². The smallest absolute Gasteiger partial charge is 0.321 e. The number of urea groups is 1. The largest absolute Gasteiger partial charge is 0.383 e. The molecule has 0 bridgehead atoms. The molecule has 0 saturated heterocycles. The highest BCUT2D eigenvalue weighted by Crippen LogP contribution is 2.22. The Morgan fingerprint density at radius 1 is 1.22 bits per heavy atom. The lowest BCUT2D eigenvalue weighted by Gasteiger charge is -2.22. The number of benzene rings is 1. The van der Waals surface area contributed by atoms with Gasteiger partial charge in [0.1, 0.15) is 0 Å². The molecule has 1 rings (SSSR count). The zero-order chi connectivity index (χ0) is 17.2. The lowest BCUT2D eigenvalue weighted by molar-refractivity contribution is -0.119. The summed E-state index contributed by atoms with van der Waals surface area (Å²) in [6.07, 6.45) is 0. The van der Waals surface area contributed by atoms with E-state index in [1.54, 1.807) is 0 Å². The number of imide groups is 1. The Morgan fingerprint density at radius 3 is 2.43 bits per heavy atom. The summed E-state index contributed by atoms with van der Waals surface area (Å²) >= 11 is 5.89. The first-order valence-corrected chi connectivity index (χ1v) is 7.87. The summed E-state index contributed by atoms with van der Waals surface area (Å²) in [7, 11) is 1.54. The minimum atomic E-state index is -0.526. The number of hydrogen-bond donors (Lipinski definition) is 3. The van der Waals surface area contributed by atoms with Crippen LogP contribution in [0, 0.1) is 5.92 Å². The lowest BCUT2D eigenvalue weighted by Crippen LogP contribution is -2.45. The van der Waals surface area contributed by atoms with Gasteiger partial charge in [-0.15, -0.1) is 0 Å². The molecule has 0 unspecified atom stereocenters. The molecule has 6 nitrogen and oxygen atoms in total. The molecule has 7 heteroatoms. The van der Waals surface area contributed by atoms with Gasteiger partial charge >= 0.3 is 6.03 Å². The van der Waals surface area contributed by atoms with Crippen molar-refractivity contribution in [3.05, 3.63) is 34.9 Å². The van der Waals surface area contributed by atoms with Crippen molar-refractivity contribution < 1.29 is 14.3 Å². The molecule has 1 aromatic carbocycles. The molecule has 0 aliphatic heterocycles. The SMILES string of the molecule is COCCNC(=O)NC(=O)CN[C@H](c1ccc(Cl)cc1)C(C)C. The zero-order valence-corrected chi connectivity index (χ0v) is 14.4. The third kappa shape index (κ3) is 7.45. The van der Waals surface area contributed by atoms with Gasteiger partial charge in [0.2, 0.25) is 5.91 Å². The predicted molar refractivity (Wildman–Crippen MR) is 90.5 cm³/mol. The Labute approximate surface area is 141 Å². The Kier molecular flexibility index (Phi) is 8.61. The van der Waals surface area contributed by atoms with Crippen LogP contribution >= 0.6 is 11.6 Å². The third-order valence-electron chi connectivity index (χ3n) is 3.22. The van der Waals surface area contributed by atoms with E-state index in [1.807, 2.05) is 24.3 Å². The molecule has 0 aromatic heterocycles. The Morgan fingerprint density at radius 2 is 1.87 bits per heavy atom. The van der Waals surface area contributed by atoms with Gasteiger partial charge < -0.3 is 15.4 Å². The molecule has 0 spiro atoms. The van der Waals surface area contributed by atoms with Gasteiger partial charge in [0.05, 0.1) is 13.2 Å². The lowest BCUT2D eigenvalue weighted by atomic mass is 9.96. The van der Waals surface area contributed by atoms with Gasteiger partial charge in [-0.3, -0.25) is 10.1 Å². The van der Waals surface area contributed by atoms with Gasteiger partial charge in [0.25, 0.3) is 0 Å². The van der Waals surface area contributed by atoms with Crippen LogP contribution in [0.15, 0.2) is 24.3 Å². The summed E-state index contributed by atoms with van der Waals surface area (Å²) in [6, 6.07) is 6.95. The molecule has 1 aromatic rings. The van der Waals surface area contributed by atoms with Crippen LogP contribution in [-0.2, 0) is 9.53 Å². The number of ether oxygens (including phenoxy) is 1. The maximum absolute atomic E-state index is 11.8. The zero-order valence-electron chi connectivity index (χ0n) is 13.7. The summed E-state index contributed by atoms with van der Waals surface area (Å²) < 4.78 is 4.81. The molecule has 128 valence electrons. The number of carbonyl (C=O) groups excluding carboxylic acids is 2. The highest BCUT2D eigenvalue weighted by molar-refractivity contribution is 6.30. The van der Waals surface area contributed by atoms with Crippen molar-refractivity contribution in [1.82, 2.24) is 16.0 Å². The summed E-state index contributed by atoms with van der Waals surface area (Å²) in [5, 5.41) is 8.63. The highest BCUT2D eigenvalue weighted by atomic mass is 35.5.